The van der Waals surface area contributed by atoms with E-state index in [9.17, 15) is 13.2 Å². The molecule has 9 heteroatoms. The van der Waals surface area contributed by atoms with Crippen LogP contribution >= 0.6 is 0 Å². The van der Waals surface area contributed by atoms with Crippen molar-refractivity contribution in [2.24, 2.45) is 0 Å². The van der Waals surface area contributed by atoms with E-state index in [-0.39, 0.29) is 0 Å². The monoisotopic (exact) mass is 412 g/mol. The van der Waals surface area contributed by atoms with Crippen LogP contribution < -0.4 is 0 Å². The summed E-state index contributed by atoms with van der Waals surface area (Å²) < 4.78 is 39.2. The Morgan fingerprint density at radius 3 is 2.20 bits per heavy atom. The third kappa shape index (κ3) is 3.83. The Kier molecular flexibility index (Phi) is 4.89. The first-order valence-corrected chi connectivity index (χ1v) is 9.28. The van der Waals surface area contributed by atoms with Gasteiger partial charge in [0.05, 0.1) is 41.2 Å². The van der Waals surface area contributed by atoms with Crippen LogP contribution in [0.3, 0.4) is 0 Å². The summed E-state index contributed by atoms with van der Waals surface area (Å²) in [5.74, 6) is 0. The van der Waals surface area contributed by atoms with E-state index < -0.39 is 11.7 Å². The van der Waals surface area contributed by atoms with E-state index >= 15 is 0 Å². The zero-order valence-electron chi connectivity index (χ0n) is 16.6. The zero-order chi connectivity index (χ0) is 21.5. The van der Waals surface area contributed by atoms with Crippen LogP contribution in [0.1, 0.15) is 33.5 Å². The lowest BCUT2D eigenvalue weighted by Gasteiger charge is -2.11. The number of aromatic nitrogens is 6. The number of aryl methyl sites for hydroxylation is 3. The van der Waals surface area contributed by atoms with Crippen molar-refractivity contribution in [3.8, 4) is 11.4 Å². The first-order valence-electron chi connectivity index (χ1n) is 9.28. The van der Waals surface area contributed by atoms with Gasteiger partial charge in [-0.2, -0.15) is 43.2 Å². The smallest absolute Gasteiger partial charge is 0.166 e. The van der Waals surface area contributed by atoms with Crippen LogP contribution in [0.25, 0.3) is 11.4 Å². The molecule has 0 N–H and O–H groups in total. The van der Waals surface area contributed by atoms with E-state index in [1.807, 2.05) is 26.0 Å². The molecular weight excluding hydrogens is 393 g/mol. The van der Waals surface area contributed by atoms with Crippen molar-refractivity contribution in [3.05, 3.63) is 82.4 Å². The molecule has 0 bridgehead atoms. The van der Waals surface area contributed by atoms with E-state index in [0.29, 0.717) is 23.4 Å². The highest BCUT2D eigenvalue weighted by atomic mass is 19.4. The summed E-state index contributed by atoms with van der Waals surface area (Å²) in [5.41, 5.74) is 4.90. The fraction of sp³-hybridized carbons (Fsp3) is 0.238. The summed E-state index contributed by atoms with van der Waals surface area (Å²) in [6, 6.07) is 7.61. The van der Waals surface area contributed by atoms with Gasteiger partial charge in [-0.1, -0.05) is 12.1 Å². The van der Waals surface area contributed by atoms with Crippen LogP contribution in [0.4, 0.5) is 13.2 Å². The maximum atomic E-state index is 13.1. The maximum absolute atomic E-state index is 13.1. The van der Waals surface area contributed by atoms with Crippen LogP contribution in [-0.4, -0.2) is 30.0 Å². The average molecular weight is 412 g/mol. The molecule has 0 atom stereocenters. The Balaban J connectivity index is 1.63. The molecule has 0 fully saturated rings. The molecule has 4 rings (SSSR count). The van der Waals surface area contributed by atoms with Crippen molar-refractivity contribution in [3.63, 3.8) is 0 Å². The van der Waals surface area contributed by atoms with Crippen LogP contribution in [0.15, 0.2) is 48.9 Å². The molecule has 2 heterocycles. The van der Waals surface area contributed by atoms with Crippen LogP contribution in [-0.2, 0) is 12.6 Å². The lowest BCUT2D eigenvalue weighted by atomic mass is 10.00. The second-order valence-corrected chi connectivity index (χ2v) is 7.18. The predicted octanol–water partition coefficient (Wildman–Crippen LogP) is 4.38. The molecule has 0 saturated heterocycles. The first-order chi connectivity index (χ1) is 14.2. The SMILES string of the molecule is Cc1cc(-n2nccn2)c(C)cc1Cc1cnn(-c2cc(C(F)(F)F)ccc2C)n1. The minimum atomic E-state index is -4.42. The normalized spacial score (nSPS) is 11.8. The van der Waals surface area contributed by atoms with Crippen molar-refractivity contribution >= 4 is 0 Å². The van der Waals surface area contributed by atoms with Gasteiger partial charge in [0.1, 0.15) is 0 Å². The molecule has 0 saturated carbocycles. The Labute approximate surface area is 171 Å². The molecule has 0 aliphatic rings. The molecule has 0 spiro atoms. The Morgan fingerprint density at radius 1 is 0.800 bits per heavy atom. The highest BCUT2D eigenvalue weighted by Crippen LogP contribution is 2.31. The summed E-state index contributed by atoms with van der Waals surface area (Å²) in [7, 11) is 0. The van der Waals surface area contributed by atoms with Gasteiger partial charge in [0.25, 0.3) is 0 Å². The summed E-state index contributed by atoms with van der Waals surface area (Å²) in [6.07, 6.45) is 0.917. The van der Waals surface area contributed by atoms with Crippen LogP contribution in [0, 0.1) is 20.8 Å². The quantitative estimate of drug-likeness (QED) is 0.499. The third-order valence-corrected chi connectivity index (χ3v) is 4.95. The average Bonchev–Trinajstić information content (AvgIpc) is 3.36. The molecule has 0 aliphatic heterocycles. The second-order valence-electron chi connectivity index (χ2n) is 7.18. The Hall–Kier alpha value is -3.49. The number of nitrogens with zero attached hydrogens (tertiary/aromatic N) is 6. The molecule has 0 amide bonds. The number of halogens is 3. The van der Waals surface area contributed by atoms with Gasteiger partial charge in [0.15, 0.2) is 0 Å². The minimum absolute atomic E-state index is 0.309. The van der Waals surface area contributed by atoms with E-state index in [4.69, 9.17) is 0 Å². The van der Waals surface area contributed by atoms with Crippen molar-refractivity contribution in [2.75, 3.05) is 0 Å². The molecular formula is C21H19F3N6. The first kappa shape index (κ1) is 19.8. The van der Waals surface area contributed by atoms with Crippen molar-refractivity contribution in [1.82, 2.24) is 30.0 Å². The number of alkyl halides is 3. The fourth-order valence-electron chi connectivity index (χ4n) is 3.29. The molecule has 0 aliphatic carbocycles. The molecule has 0 radical (unpaired) electrons. The van der Waals surface area contributed by atoms with Gasteiger partial charge in [-0.05, 0) is 61.2 Å². The number of rotatable bonds is 4. The van der Waals surface area contributed by atoms with Gasteiger partial charge >= 0.3 is 6.18 Å². The van der Waals surface area contributed by atoms with Crippen molar-refractivity contribution in [2.45, 2.75) is 33.4 Å². The van der Waals surface area contributed by atoms with E-state index in [2.05, 4.69) is 20.4 Å². The molecule has 30 heavy (non-hydrogen) atoms. The van der Waals surface area contributed by atoms with Crippen LogP contribution in [0.2, 0.25) is 0 Å². The lowest BCUT2D eigenvalue weighted by Crippen LogP contribution is -2.09. The van der Waals surface area contributed by atoms with Gasteiger partial charge in [-0.3, -0.25) is 0 Å². The van der Waals surface area contributed by atoms with Gasteiger partial charge in [-0.15, -0.1) is 0 Å². The van der Waals surface area contributed by atoms with Gasteiger partial charge < -0.3 is 0 Å². The molecule has 6 nitrogen and oxygen atoms in total. The number of benzene rings is 2. The molecule has 0 unspecified atom stereocenters. The fourth-order valence-corrected chi connectivity index (χ4v) is 3.29. The predicted molar refractivity (Wildman–Crippen MR) is 105 cm³/mol. The second kappa shape index (κ2) is 7.40. The highest BCUT2D eigenvalue weighted by molar-refractivity contribution is 5.47. The largest absolute Gasteiger partial charge is 0.416 e. The van der Waals surface area contributed by atoms with E-state index in [1.54, 1.807) is 30.3 Å². The highest BCUT2D eigenvalue weighted by Gasteiger charge is 2.31. The molecule has 4 aromatic rings. The number of hydrogen-bond donors (Lipinski definition) is 0. The number of hydrogen-bond acceptors (Lipinski definition) is 4. The van der Waals surface area contributed by atoms with Gasteiger partial charge in [0, 0.05) is 6.42 Å². The molecule has 154 valence electrons. The lowest BCUT2D eigenvalue weighted by molar-refractivity contribution is -0.137. The van der Waals surface area contributed by atoms with Crippen LogP contribution in [0.5, 0.6) is 0 Å². The topological polar surface area (TPSA) is 61.4 Å². The Bertz CT molecular complexity index is 1190. The third-order valence-electron chi connectivity index (χ3n) is 4.95. The molecule has 2 aromatic heterocycles. The Morgan fingerprint density at radius 2 is 1.50 bits per heavy atom. The standard InChI is InChI=1S/C21H19F3N6/c1-13-4-5-17(21(22,23)24)11-20(13)30-27-12-18(28-30)10-16-8-15(3)19(9-14(16)2)29-25-6-7-26-29/h4-9,11-12H,10H2,1-3H3. The van der Waals surface area contributed by atoms with Crippen molar-refractivity contribution < 1.29 is 13.2 Å². The summed E-state index contributed by atoms with van der Waals surface area (Å²) in [6.45, 7) is 5.70. The maximum Gasteiger partial charge on any atom is 0.416 e. The van der Waals surface area contributed by atoms with Gasteiger partial charge in [-0.25, -0.2) is 0 Å². The minimum Gasteiger partial charge on any atom is -0.166 e. The van der Waals surface area contributed by atoms with E-state index in [0.717, 1.165) is 34.5 Å². The summed E-state index contributed by atoms with van der Waals surface area (Å²) >= 11 is 0. The van der Waals surface area contributed by atoms with E-state index in [1.165, 1.54) is 10.9 Å². The van der Waals surface area contributed by atoms with Gasteiger partial charge in [0.2, 0.25) is 0 Å². The van der Waals surface area contributed by atoms with Crippen molar-refractivity contribution in [1.29, 1.82) is 0 Å². The summed E-state index contributed by atoms with van der Waals surface area (Å²) in [5, 5.41) is 16.9. The molecule has 2 aromatic carbocycles. The zero-order valence-corrected chi connectivity index (χ0v) is 16.6. The summed E-state index contributed by atoms with van der Waals surface area (Å²) in [4.78, 5) is 2.82.